The minimum atomic E-state index is -1.05. The number of carbonyl (C=O) groups excluding carboxylic acids is 2. The SMILES string of the molecule is CCOC(=O)CCn1c(=NC(=O)c2c(F)cccc2F)sc2cc3c(cc21)OCO3. The zero-order valence-corrected chi connectivity index (χ0v) is 16.6. The molecule has 0 saturated heterocycles. The monoisotopic (exact) mass is 434 g/mol. The zero-order chi connectivity index (χ0) is 21.3. The molecule has 1 amide bonds. The van der Waals surface area contributed by atoms with Crippen LogP contribution in [-0.4, -0.2) is 29.8 Å². The number of nitrogens with zero attached hydrogens (tertiary/aromatic N) is 2. The van der Waals surface area contributed by atoms with Gasteiger partial charge in [-0.05, 0) is 19.1 Å². The summed E-state index contributed by atoms with van der Waals surface area (Å²) in [6.07, 6.45) is 0.0313. The van der Waals surface area contributed by atoms with Crippen molar-refractivity contribution in [1.29, 1.82) is 0 Å². The average Bonchev–Trinajstić information content (AvgIpc) is 3.28. The summed E-state index contributed by atoms with van der Waals surface area (Å²) in [6, 6.07) is 6.60. The van der Waals surface area contributed by atoms with Crippen molar-refractivity contribution in [3.05, 3.63) is 52.3 Å². The summed E-state index contributed by atoms with van der Waals surface area (Å²) in [5, 5.41) is 0. The van der Waals surface area contributed by atoms with E-state index in [0.717, 1.165) is 23.5 Å². The van der Waals surface area contributed by atoms with Gasteiger partial charge >= 0.3 is 5.97 Å². The van der Waals surface area contributed by atoms with E-state index in [1.54, 1.807) is 23.6 Å². The number of hydrogen-bond acceptors (Lipinski definition) is 6. The first kappa shape index (κ1) is 20.0. The molecule has 0 radical (unpaired) electrons. The predicted molar refractivity (Wildman–Crippen MR) is 103 cm³/mol. The van der Waals surface area contributed by atoms with Crippen LogP contribution in [0.2, 0.25) is 0 Å². The van der Waals surface area contributed by atoms with Crippen molar-refractivity contribution < 1.29 is 32.6 Å². The molecule has 0 saturated carbocycles. The van der Waals surface area contributed by atoms with Crippen LogP contribution < -0.4 is 14.3 Å². The predicted octanol–water partition coefficient (Wildman–Crippen LogP) is 3.40. The molecule has 0 bridgehead atoms. The van der Waals surface area contributed by atoms with Crippen LogP contribution in [0.4, 0.5) is 8.78 Å². The minimum absolute atomic E-state index is 0.0313. The Morgan fingerprint density at radius 1 is 1.20 bits per heavy atom. The number of benzene rings is 2. The van der Waals surface area contributed by atoms with Crippen LogP contribution in [-0.2, 0) is 16.1 Å². The van der Waals surface area contributed by atoms with Crippen LogP contribution in [0.3, 0.4) is 0 Å². The molecule has 2 aromatic carbocycles. The number of esters is 1. The fourth-order valence-corrected chi connectivity index (χ4v) is 4.11. The van der Waals surface area contributed by atoms with Crippen LogP contribution in [0.25, 0.3) is 10.2 Å². The average molecular weight is 434 g/mol. The van der Waals surface area contributed by atoms with Crippen LogP contribution in [0.15, 0.2) is 35.3 Å². The van der Waals surface area contributed by atoms with Gasteiger partial charge in [0.25, 0.3) is 5.91 Å². The molecule has 0 N–H and O–H groups in total. The van der Waals surface area contributed by atoms with Gasteiger partial charge in [0.1, 0.15) is 17.2 Å². The van der Waals surface area contributed by atoms with E-state index < -0.39 is 29.1 Å². The second kappa shape index (κ2) is 8.23. The van der Waals surface area contributed by atoms with Crippen LogP contribution >= 0.6 is 11.3 Å². The molecule has 0 aliphatic carbocycles. The lowest BCUT2D eigenvalue weighted by Gasteiger charge is -2.06. The van der Waals surface area contributed by atoms with Gasteiger partial charge in [-0.3, -0.25) is 9.59 Å². The van der Waals surface area contributed by atoms with E-state index in [9.17, 15) is 18.4 Å². The first-order valence-corrected chi connectivity index (χ1v) is 9.91. The summed E-state index contributed by atoms with van der Waals surface area (Å²) < 4.78 is 46.0. The van der Waals surface area contributed by atoms with E-state index in [2.05, 4.69) is 4.99 Å². The maximum Gasteiger partial charge on any atom is 0.307 e. The third-order valence-electron chi connectivity index (χ3n) is 4.40. The van der Waals surface area contributed by atoms with Gasteiger partial charge in [-0.1, -0.05) is 17.4 Å². The summed E-state index contributed by atoms with van der Waals surface area (Å²) in [7, 11) is 0. The number of rotatable bonds is 5. The fraction of sp³-hybridized carbons (Fsp3) is 0.250. The van der Waals surface area contributed by atoms with E-state index >= 15 is 0 Å². The first-order valence-electron chi connectivity index (χ1n) is 9.09. The summed E-state index contributed by atoms with van der Waals surface area (Å²) in [5.41, 5.74) is -0.0878. The maximum atomic E-state index is 14.0. The Morgan fingerprint density at radius 3 is 2.60 bits per heavy atom. The molecule has 2 heterocycles. The normalized spacial score (nSPS) is 13.1. The van der Waals surface area contributed by atoms with Gasteiger partial charge in [0.15, 0.2) is 16.3 Å². The molecule has 1 aliphatic rings. The smallest absolute Gasteiger partial charge is 0.307 e. The van der Waals surface area contributed by atoms with Gasteiger partial charge in [0, 0.05) is 18.7 Å². The molecule has 1 aliphatic heterocycles. The van der Waals surface area contributed by atoms with Crippen molar-refractivity contribution in [2.75, 3.05) is 13.4 Å². The van der Waals surface area contributed by atoms with Crippen molar-refractivity contribution >= 4 is 33.4 Å². The number of thiazole rings is 1. The van der Waals surface area contributed by atoms with Crippen molar-refractivity contribution in [1.82, 2.24) is 4.57 Å². The number of fused-ring (bicyclic) bond motifs is 2. The molecule has 3 aromatic rings. The number of aryl methyl sites for hydroxylation is 1. The molecule has 10 heteroatoms. The first-order chi connectivity index (χ1) is 14.5. The highest BCUT2D eigenvalue weighted by Gasteiger charge is 2.20. The molecule has 1 aromatic heterocycles. The third kappa shape index (κ3) is 3.78. The van der Waals surface area contributed by atoms with Gasteiger partial charge in [0.05, 0.1) is 23.2 Å². The minimum Gasteiger partial charge on any atom is -0.466 e. The van der Waals surface area contributed by atoms with E-state index in [-0.39, 0.29) is 31.2 Å². The maximum absolute atomic E-state index is 14.0. The summed E-state index contributed by atoms with van der Waals surface area (Å²) in [6.45, 7) is 2.20. The lowest BCUT2D eigenvalue weighted by Crippen LogP contribution is -2.20. The number of aromatic nitrogens is 1. The van der Waals surface area contributed by atoms with Gasteiger partial charge in [-0.2, -0.15) is 4.99 Å². The number of amides is 1. The Kier molecular flexibility index (Phi) is 5.49. The Bertz CT molecular complexity index is 1200. The lowest BCUT2D eigenvalue weighted by atomic mass is 10.2. The highest BCUT2D eigenvalue weighted by Crippen LogP contribution is 2.37. The summed E-state index contributed by atoms with van der Waals surface area (Å²) in [4.78, 5) is 28.5. The highest BCUT2D eigenvalue weighted by molar-refractivity contribution is 7.16. The molecule has 0 fully saturated rings. The highest BCUT2D eigenvalue weighted by atomic mass is 32.1. The van der Waals surface area contributed by atoms with E-state index in [4.69, 9.17) is 14.2 Å². The molecule has 4 rings (SSSR count). The zero-order valence-electron chi connectivity index (χ0n) is 15.8. The number of hydrogen-bond donors (Lipinski definition) is 0. The standard InChI is InChI=1S/C20H16F2N2O5S/c1-2-27-17(25)6-7-24-13-8-14-15(29-10-28-14)9-16(13)30-20(24)23-19(26)18-11(21)4-3-5-12(18)22/h3-5,8-9H,2,6-7,10H2,1H3. The second-order valence-corrected chi connectivity index (χ2v) is 7.29. The van der Waals surface area contributed by atoms with Gasteiger partial charge in [-0.25, -0.2) is 8.78 Å². The molecule has 30 heavy (non-hydrogen) atoms. The number of carbonyl (C=O) groups is 2. The molecule has 0 atom stereocenters. The molecular weight excluding hydrogens is 418 g/mol. The molecule has 0 unspecified atom stereocenters. The third-order valence-corrected chi connectivity index (χ3v) is 5.44. The molecular formula is C20H16F2N2O5S. The lowest BCUT2D eigenvalue weighted by molar-refractivity contribution is -0.143. The quantitative estimate of drug-likeness (QED) is 0.575. The van der Waals surface area contributed by atoms with Crippen LogP contribution in [0.5, 0.6) is 11.5 Å². The second-order valence-electron chi connectivity index (χ2n) is 6.28. The Labute approximate surface area is 173 Å². The van der Waals surface area contributed by atoms with Crippen LogP contribution in [0.1, 0.15) is 23.7 Å². The van der Waals surface area contributed by atoms with Crippen molar-refractivity contribution in [2.24, 2.45) is 4.99 Å². The molecule has 7 nitrogen and oxygen atoms in total. The van der Waals surface area contributed by atoms with E-state index in [1.807, 2.05) is 0 Å². The topological polar surface area (TPSA) is 79.1 Å². The summed E-state index contributed by atoms with van der Waals surface area (Å²) >= 11 is 1.13. The number of ether oxygens (including phenoxy) is 3. The van der Waals surface area contributed by atoms with Gasteiger partial charge < -0.3 is 18.8 Å². The summed E-state index contributed by atoms with van der Waals surface area (Å²) in [5.74, 6) is -2.40. The van der Waals surface area contributed by atoms with Gasteiger partial charge in [-0.15, -0.1) is 0 Å². The Balaban J connectivity index is 1.81. The molecule has 156 valence electrons. The Hall–Kier alpha value is -3.27. The number of halogens is 2. The van der Waals surface area contributed by atoms with Crippen molar-refractivity contribution in [3.8, 4) is 11.5 Å². The Morgan fingerprint density at radius 2 is 1.90 bits per heavy atom. The van der Waals surface area contributed by atoms with E-state index in [1.165, 1.54) is 6.07 Å². The van der Waals surface area contributed by atoms with Gasteiger partial charge in [0.2, 0.25) is 6.79 Å². The largest absolute Gasteiger partial charge is 0.466 e. The van der Waals surface area contributed by atoms with E-state index in [0.29, 0.717) is 21.7 Å². The molecule has 0 spiro atoms. The van der Waals surface area contributed by atoms with Crippen molar-refractivity contribution in [3.63, 3.8) is 0 Å². The van der Waals surface area contributed by atoms with Crippen LogP contribution in [0, 0.1) is 11.6 Å². The fourth-order valence-electron chi connectivity index (χ4n) is 3.04. The van der Waals surface area contributed by atoms with Crippen molar-refractivity contribution in [2.45, 2.75) is 19.9 Å².